The average molecular weight is 372 g/mol. The van der Waals surface area contributed by atoms with Crippen molar-refractivity contribution in [1.82, 2.24) is 0 Å². The Labute approximate surface area is 142 Å². The van der Waals surface area contributed by atoms with Crippen molar-refractivity contribution in [3.63, 3.8) is 0 Å². The van der Waals surface area contributed by atoms with E-state index in [0.29, 0.717) is 0 Å². The number of rotatable bonds is 1. The van der Waals surface area contributed by atoms with Gasteiger partial charge in [0, 0.05) is 15.2 Å². The van der Waals surface area contributed by atoms with Crippen LogP contribution in [0.4, 0.5) is 28.4 Å². The Hall–Kier alpha value is -1.97. The Morgan fingerprint density at radius 3 is 2.50 bits per heavy atom. The molecular weight excluding hydrogens is 360 g/mol. The van der Waals surface area contributed by atoms with Crippen LogP contribution in [0.15, 0.2) is 71.2 Å². The third-order valence-corrected chi connectivity index (χ3v) is 4.60. The molecule has 4 rings (SSSR count). The zero-order valence-electron chi connectivity index (χ0n) is 11.6. The average Bonchev–Trinajstić information content (AvgIpc) is 2.54. The van der Waals surface area contributed by atoms with Crippen molar-refractivity contribution in [2.75, 3.05) is 10.2 Å². The largest absolute Gasteiger partial charge is 0.351 e. The van der Waals surface area contributed by atoms with E-state index in [1.807, 2.05) is 48.5 Å². The van der Waals surface area contributed by atoms with Crippen LogP contribution in [0, 0.1) is 0 Å². The molecule has 0 aliphatic carbocycles. The normalized spacial score (nSPS) is 12.4. The van der Waals surface area contributed by atoms with Crippen LogP contribution in [-0.4, -0.2) is 0 Å². The molecule has 0 spiro atoms. The SMILES string of the molecule is Clc1ccc2c(c1)Nc1c(Br)cccc1N2c1ccccc1. The number of hydrogen-bond donors (Lipinski definition) is 1. The number of hydrogen-bond acceptors (Lipinski definition) is 2. The second-order valence-corrected chi connectivity index (χ2v) is 6.38. The Balaban J connectivity index is 2.00. The summed E-state index contributed by atoms with van der Waals surface area (Å²) >= 11 is 9.80. The summed E-state index contributed by atoms with van der Waals surface area (Å²) in [7, 11) is 0. The van der Waals surface area contributed by atoms with Gasteiger partial charge >= 0.3 is 0 Å². The highest BCUT2D eigenvalue weighted by molar-refractivity contribution is 9.10. The van der Waals surface area contributed by atoms with Crippen LogP contribution in [-0.2, 0) is 0 Å². The van der Waals surface area contributed by atoms with Gasteiger partial charge in [0.2, 0.25) is 0 Å². The maximum atomic E-state index is 6.17. The predicted octanol–water partition coefficient (Wildman–Crippen LogP) is 6.63. The maximum absolute atomic E-state index is 6.17. The van der Waals surface area contributed by atoms with E-state index < -0.39 is 0 Å². The summed E-state index contributed by atoms with van der Waals surface area (Å²) in [6.07, 6.45) is 0. The van der Waals surface area contributed by atoms with Gasteiger partial charge in [0.25, 0.3) is 0 Å². The zero-order valence-corrected chi connectivity index (χ0v) is 13.9. The lowest BCUT2D eigenvalue weighted by atomic mass is 10.1. The quantitative estimate of drug-likeness (QED) is 0.404. The lowest BCUT2D eigenvalue weighted by Crippen LogP contribution is -2.17. The third kappa shape index (κ3) is 2.18. The molecule has 0 bridgehead atoms. The van der Waals surface area contributed by atoms with Crippen molar-refractivity contribution in [2.45, 2.75) is 0 Å². The molecule has 3 aromatic carbocycles. The second kappa shape index (κ2) is 5.34. The summed E-state index contributed by atoms with van der Waals surface area (Å²) in [5.41, 5.74) is 5.35. The standard InChI is InChI=1S/C18H12BrClN2/c19-14-7-4-8-17-18(14)21-15-11-12(20)9-10-16(15)22(17)13-5-2-1-3-6-13/h1-11,21H. The number of nitrogens with zero attached hydrogens (tertiary/aromatic N) is 1. The van der Waals surface area contributed by atoms with Crippen molar-refractivity contribution in [1.29, 1.82) is 0 Å². The van der Waals surface area contributed by atoms with Gasteiger partial charge in [0.1, 0.15) is 0 Å². The molecule has 2 nitrogen and oxygen atoms in total. The highest BCUT2D eigenvalue weighted by Gasteiger charge is 2.25. The summed E-state index contributed by atoms with van der Waals surface area (Å²) in [5, 5.41) is 4.19. The Bertz CT molecular complexity index is 849. The smallest absolute Gasteiger partial charge is 0.0774 e. The topological polar surface area (TPSA) is 15.3 Å². The highest BCUT2D eigenvalue weighted by atomic mass is 79.9. The molecule has 1 heterocycles. The van der Waals surface area contributed by atoms with Gasteiger partial charge in [-0.15, -0.1) is 0 Å². The molecule has 1 N–H and O–H groups in total. The molecule has 0 unspecified atom stereocenters. The van der Waals surface area contributed by atoms with Crippen LogP contribution in [0.3, 0.4) is 0 Å². The summed E-state index contributed by atoms with van der Waals surface area (Å²) in [5.74, 6) is 0. The van der Waals surface area contributed by atoms with Crippen LogP contribution in [0.5, 0.6) is 0 Å². The van der Waals surface area contributed by atoms with Crippen molar-refractivity contribution in [2.24, 2.45) is 0 Å². The number of anilines is 5. The fraction of sp³-hybridized carbons (Fsp3) is 0. The Kier molecular flexibility index (Phi) is 3.32. The molecule has 0 amide bonds. The molecule has 1 aliphatic heterocycles. The molecule has 4 heteroatoms. The second-order valence-electron chi connectivity index (χ2n) is 5.09. The summed E-state index contributed by atoms with van der Waals surface area (Å²) in [6.45, 7) is 0. The zero-order chi connectivity index (χ0) is 15.1. The molecule has 22 heavy (non-hydrogen) atoms. The molecule has 108 valence electrons. The first-order valence-corrected chi connectivity index (χ1v) is 8.11. The molecule has 1 aliphatic rings. The van der Waals surface area contributed by atoms with Crippen LogP contribution >= 0.6 is 27.5 Å². The summed E-state index contributed by atoms with van der Waals surface area (Å²) in [6, 6.07) is 22.4. The Morgan fingerprint density at radius 2 is 1.68 bits per heavy atom. The monoisotopic (exact) mass is 370 g/mol. The van der Waals surface area contributed by atoms with E-state index in [1.54, 1.807) is 0 Å². The van der Waals surface area contributed by atoms with E-state index in [9.17, 15) is 0 Å². The van der Waals surface area contributed by atoms with Crippen LogP contribution < -0.4 is 10.2 Å². The predicted molar refractivity (Wildman–Crippen MR) is 97.1 cm³/mol. The van der Waals surface area contributed by atoms with E-state index in [2.05, 4.69) is 44.3 Å². The fourth-order valence-electron chi connectivity index (χ4n) is 2.75. The van der Waals surface area contributed by atoms with E-state index >= 15 is 0 Å². The van der Waals surface area contributed by atoms with Gasteiger partial charge in [0.15, 0.2) is 0 Å². The van der Waals surface area contributed by atoms with Gasteiger partial charge < -0.3 is 10.2 Å². The van der Waals surface area contributed by atoms with E-state index in [-0.39, 0.29) is 0 Å². The molecule has 0 radical (unpaired) electrons. The van der Waals surface area contributed by atoms with Crippen LogP contribution in [0.25, 0.3) is 0 Å². The van der Waals surface area contributed by atoms with Crippen molar-refractivity contribution in [3.05, 3.63) is 76.2 Å². The number of para-hydroxylation sites is 2. The number of nitrogens with one attached hydrogen (secondary N) is 1. The van der Waals surface area contributed by atoms with Gasteiger partial charge in [-0.05, 0) is 58.4 Å². The van der Waals surface area contributed by atoms with Crippen molar-refractivity contribution < 1.29 is 0 Å². The first-order chi connectivity index (χ1) is 10.7. The van der Waals surface area contributed by atoms with Gasteiger partial charge in [-0.3, -0.25) is 0 Å². The van der Waals surface area contributed by atoms with E-state index in [1.165, 1.54) is 0 Å². The maximum Gasteiger partial charge on any atom is 0.0774 e. The number of fused-ring (bicyclic) bond motifs is 2. The van der Waals surface area contributed by atoms with Crippen LogP contribution in [0.1, 0.15) is 0 Å². The summed E-state index contributed by atoms with van der Waals surface area (Å²) in [4.78, 5) is 2.24. The number of halogens is 2. The van der Waals surface area contributed by atoms with Crippen LogP contribution in [0.2, 0.25) is 5.02 Å². The first-order valence-electron chi connectivity index (χ1n) is 6.94. The van der Waals surface area contributed by atoms with Crippen molar-refractivity contribution >= 4 is 56.0 Å². The van der Waals surface area contributed by atoms with E-state index in [0.717, 1.165) is 37.9 Å². The minimum absolute atomic E-state index is 0.717. The minimum atomic E-state index is 0.717. The van der Waals surface area contributed by atoms with Gasteiger partial charge in [-0.1, -0.05) is 35.9 Å². The molecule has 0 saturated carbocycles. The van der Waals surface area contributed by atoms with Crippen molar-refractivity contribution in [3.8, 4) is 0 Å². The first kappa shape index (κ1) is 13.7. The van der Waals surface area contributed by atoms with Gasteiger partial charge in [-0.25, -0.2) is 0 Å². The minimum Gasteiger partial charge on any atom is -0.351 e. The highest BCUT2D eigenvalue weighted by Crippen LogP contribution is 2.50. The molecule has 0 fully saturated rings. The number of benzene rings is 3. The molecule has 0 aromatic heterocycles. The summed E-state index contributed by atoms with van der Waals surface area (Å²) < 4.78 is 1.02. The lowest BCUT2D eigenvalue weighted by molar-refractivity contribution is 1.25. The Morgan fingerprint density at radius 1 is 0.864 bits per heavy atom. The van der Waals surface area contributed by atoms with E-state index in [4.69, 9.17) is 11.6 Å². The molecular formula is C18H12BrClN2. The van der Waals surface area contributed by atoms with Gasteiger partial charge in [0.05, 0.1) is 22.7 Å². The fourth-order valence-corrected chi connectivity index (χ4v) is 3.37. The van der Waals surface area contributed by atoms with Gasteiger partial charge in [-0.2, -0.15) is 0 Å². The lowest BCUT2D eigenvalue weighted by Gasteiger charge is -2.34. The molecule has 0 saturated heterocycles. The molecule has 0 atom stereocenters. The molecule has 3 aromatic rings. The third-order valence-electron chi connectivity index (χ3n) is 3.71.